The Hall–Kier alpha value is 0.620. The zero-order chi connectivity index (χ0) is 10.7. The average molecular weight is 226 g/mol. The van der Waals surface area contributed by atoms with Crippen molar-refractivity contribution in [2.24, 2.45) is 0 Å². The molecule has 1 N–H and O–H groups in total. The SMILES string of the molecule is CCN(CC)S(C)(C)NS(C)(C)C. The highest BCUT2D eigenvalue weighted by atomic mass is 32.3. The van der Waals surface area contributed by atoms with Gasteiger partial charge in [0.05, 0.1) is 0 Å². The summed E-state index contributed by atoms with van der Waals surface area (Å²) in [7, 11) is -1.36. The minimum absolute atomic E-state index is 0.602. The fourth-order valence-corrected chi connectivity index (χ4v) is 8.14. The topological polar surface area (TPSA) is 15.3 Å². The molecule has 0 aliphatic carbocycles. The molecule has 0 atom stereocenters. The predicted molar refractivity (Wildman–Crippen MR) is 70.9 cm³/mol. The van der Waals surface area contributed by atoms with Crippen LogP contribution >= 0.6 is 20.6 Å². The molecule has 0 aliphatic heterocycles. The molecule has 0 saturated heterocycles. The van der Waals surface area contributed by atoms with E-state index in [0.29, 0.717) is 0 Å². The van der Waals surface area contributed by atoms with Gasteiger partial charge in [-0.3, -0.25) is 4.31 Å². The summed E-state index contributed by atoms with van der Waals surface area (Å²) < 4.78 is 6.32. The second-order valence-corrected chi connectivity index (χ2v) is 11.7. The molecule has 0 heterocycles. The summed E-state index contributed by atoms with van der Waals surface area (Å²) in [6.45, 7) is 6.75. The van der Waals surface area contributed by atoms with Crippen LogP contribution in [0.1, 0.15) is 13.8 Å². The molecule has 84 valence electrons. The van der Waals surface area contributed by atoms with Crippen LogP contribution in [0.15, 0.2) is 0 Å². The van der Waals surface area contributed by atoms with E-state index in [-0.39, 0.29) is 0 Å². The maximum atomic E-state index is 3.79. The van der Waals surface area contributed by atoms with Gasteiger partial charge in [-0.25, -0.2) is 4.13 Å². The normalized spacial score (nSPS) is 16.3. The van der Waals surface area contributed by atoms with Crippen LogP contribution in [0.25, 0.3) is 0 Å². The van der Waals surface area contributed by atoms with E-state index in [0.717, 1.165) is 13.1 Å². The fraction of sp³-hybridized carbons (Fsp3) is 1.00. The second-order valence-electron chi connectivity index (χ2n) is 4.31. The fourth-order valence-electron chi connectivity index (χ4n) is 1.53. The molecule has 0 aromatic carbocycles. The molecule has 0 aromatic rings. The van der Waals surface area contributed by atoms with E-state index in [9.17, 15) is 0 Å². The molecular formula is C9H26N2S2. The van der Waals surface area contributed by atoms with E-state index in [1.54, 1.807) is 0 Å². The van der Waals surface area contributed by atoms with Gasteiger partial charge >= 0.3 is 0 Å². The van der Waals surface area contributed by atoms with Crippen molar-refractivity contribution in [1.82, 2.24) is 8.43 Å². The first-order chi connectivity index (χ1) is 5.73. The van der Waals surface area contributed by atoms with E-state index in [1.807, 2.05) is 0 Å². The maximum Gasteiger partial charge on any atom is 0.00569 e. The Morgan fingerprint density at radius 2 is 1.31 bits per heavy atom. The lowest BCUT2D eigenvalue weighted by Gasteiger charge is -2.48. The number of hydrogen-bond donors (Lipinski definition) is 1. The van der Waals surface area contributed by atoms with Crippen molar-refractivity contribution in [3.63, 3.8) is 0 Å². The van der Waals surface area contributed by atoms with Crippen LogP contribution in [0.3, 0.4) is 0 Å². The van der Waals surface area contributed by atoms with Crippen LogP contribution in [0.2, 0.25) is 0 Å². The lowest BCUT2D eigenvalue weighted by atomic mass is 10.7. The van der Waals surface area contributed by atoms with Gasteiger partial charge in [0, 0.05) is 13.1 Å². The first-order valence-electron chi connectivity index (χ1n) is 4.68. The number of nitrogens with one attached hydrogen (secondary N) is 1. The zero-order valence-electron chi connectivity index (χ0n) is 10.2. The molecule has 4 heteroatoms. The summed E-state index contributed by atoms with van der Waals surface area (Å²) in [6, 6.07) is 0. The highest BCUT2D eigenvalue weighted by molar-refractivity contribution is 8.43. The zero-order valence-corrected chi connectivity index (χ0v) is 11.8. The highest BCUT2D eigenvalue weighted by Crippen LogP contribution is 2.48. The number of rotatable bonds is 5. The standard InChI is InChI=1S/C9H26N2S2/c1-8-11(9-2)13(6,7)10-12(3,4)5/h10H,8-9H2,1-7H3. The van der Waals surface area contributed by atoms with Gasteiger partial charge in [-0.05, 0) is 31.3 Å². The average Bonchev–Trinajstić information content (AvgIpc) is 1.83. The molecular weight excluding hydrogens is 200 g/mol. The summed E-state index contributed by atoms with van der Waals surface area (Å²) in [5.41, 5.74) is 0. The first-order valence-corrected chi connectivity index (χ1v) is 9.94. The van der Waals surface area contributed by atoms with Crippen molar-refractivity contribution in [2.75, 3.05) is 44.4 Å². The van der Waals surface area contributed by atoms with E-state index in [1.165, 1.54) is 0 Å². The predicted octanol–water partition coefficient (Wildman–Crippen LogP) is 2.42. The molecule has 0 aliphatic rings. The molecule has 13 heavy (non-hydrogen) atoms. The van der Waals surface area contributed by atoms with Crippen molar-refractivity contribution in [2.45, 2.75) is 13.8 Å². The molecule has 0 aromatic heterocycles. The van der Waals surface area contributed by atoms with Gasteiger partial charge in [0.2, 0.25) is 0 Å². The van der Waals surface area contributed by atoms with E-state index in [2.05, 4.69) is 53.6 Å². The Morgan fingerprint density at radius 1 is 0.923 bits per heavy atom. The van der Waals surface area contributed by atoms with Crippen molar-refractivity contribution in [3.8, 4) is 0 Å². The van der Waals surface area contributed by atoms with Gasteiger partial charge in [-0.1, -0.05) is 13.8 Å². The van der Waals surface area contributed by atoms with Gasteiger partial charge in [-0.2, -0.15) is 10.2 Å². The maximum absolute atomic E-state index is 3.79. The summed E-state index contributed by atoms with van der Waals surface area (Å²) in [4.78, 5) is 0. The largest absolute Gasteiger partial charge is 0.257 e. The Kier molecular flexibility index (Phi) is 5.15. The molecule has 0 saturated carbocycles. The van der Waals surface area contributed by atoms with Gasteiger partial charge in [0.1, 0.15) is 0 Å². The Balaban J connectivity index is 4.36. The molecule has 0 bridgehead atoms. The van der Waals surface area contributed by atoms with Gasteiger partial charge < -0.3 is 0 Å². The lowest BCUT2D eigenvalue weighted by Crippen LogP contribution is -2.36. The van der Waals surface area contributed by atoms with Crippen molar-refractivity contribution < 1.29 is 0 Å². The van der Waals surface area contributed by atoms with E-state index < -0.39 is 20.6 Å². The highest BCUT2D eigenvalue weighted by Gasteiger charge is 2.21. The van der Waals surface area contributed by atoms with Crippen LogP contribution < -0.4 is 4.13 Å². The molecule has 0 amide bonds. The third kappa shape index (κ3) is 5.15. The Morgan fingerprint density at radius 3 is 1.54 bits per heavy atom. The Bertz CT molecular complexity index is 148. The minimum Gasteiger partial charge on any atom is -0.257 e. The quantitative estimate of drug-likeness (QED) is 0.774. The smallest absolute Gasteiger partial charge is 0.00569 e. The monoisotopic (exact) mass is 226 g/mol. The van der Waals surface area contributed by atoms with Gasteiger partial charge in [0.15, 0.2) is 0 Å². The summed E-state index contributed by atoms with van der Waals surface area (Å²) >= 11 is 0. The molecule has 0 unspecified atom stereocenters. The van der Waals surface area contributed by atoms with Crippen molar-refractivity contribution >= 4 is 20.6 Å². The van der Waals surface area contributed by atoms with Gasteiger partial charge in [0.25, 0.3) is 0 Å². The van der Waals surface area contributed by atoms with E-state index >= 15 is 0 Å². The number of hydrogen-bond acceptors (Lipinski definition) is 2. The third-order valence-corrected chi connectivity index (χ3v) is 7.24. The van der Waals surface area contributed by atoms with Crippen molar-refractivity contribution in [3.05, 3.63) is 0 Å². The molecule has 0 radical (unpaired) electrons. The third-order valence-electron chi connectivity index (χ3n) is 1.80. The lowest BCUT2D eigenvalue weighted by molar-refractivity contribution is 0.511. The number of nitrogens with zero attached hydrogens (tertiary/aromatic N) is 1. The first kappa shape index (κ1) is 13.6. The minimum atomic E-state index is -0.760. The second kappa shape index (κ2) is 4.91. The van der Waals surface area contributed by atoms with Crippen LogP contribution in [0.5, 0.6) is 0 Å². The van der Waals surface area contributed by atoms with Crippen LogP contribution in [0, 0.1) is 0 Å². The molecule has 2 nitrogen and oxygen atoms in total. The molecule has 0 fully saturated rings. The van der Waals surface area contributed by atoms with Gasteiger partial charge in [-0.15, -0.1) is 10.4 Å². The molecule has 0 rings (SSSR count). The van der Waals surface area contributed by atoms with Crippen LogP contribution in [0.4, 0.5) is 0 Å². The van der Waals surface area contributed by atoms with Crippen LogP contribution in [-0.4, -0.2) is 48.7 Å². The van der Waals surface area contributed by atoms with Crippen LogP contribution in [-0.2, 0) is 0 Å². The summed E-state index contributed by atoms with van der Waals surface area (Å²) in [6.07, 6.45) is 11.6. The van der Waals surface area contributed by atoms with E-state index in [4.69, 9.17) is 0 Å². The summed E-state index contributed by atoms with van der Waals surface area (Å²) in [5, 5.41) is 0. The Labute approximate surface area is 87.5 Å². The molecule has 0 spiro atoms. The summed E-state index contributed by atoms with van der Waals surface area (Å²) in [5.74, 6) is 0. The van der Waals surface area contributed by atoms with Crippen molar-refractivity contribution in [1.29, 1.82) is 0 Å².